The number of rotatable bonds is 5. The van der Waals surface area contributed by atoms with E-state index in [2.05, 4.69) is 10.4 Å². The monoisotopic (exact) mass is 276 g/mol. The molecule has 0 fully saturated rings. The number of nitrogens with two attached hydrogens (primary N) is 1. The number of nitrogens with zero attached hydrogens (tertiary/aromatic N) is 2. The van der Waals surface area contributed by atoms with E-state index in [9.17, 15) is 9.18 Å². The van der Waals surface area contributed by atoms with E-state index < -0.39 is 0 Å². The summed E-state index contributed by atoms with van der Waals surface area (Å²) < 4.78 is 15.2. The fourth-order valence-corrected chi connectivity index (χ4v) is 1.90. The Kier molecular flexibility index (Phi) is 4.47. The molecule has 0 atom stereocenters. The van der Waals surface area contributed by atoms with Gasteiger partial charge in [-0.25, -0.2) is 9.07 Å². The predicted octanol–water partition coefficient (Wildman–Crippen LogP) is 1.40. The molecule has 0 aliphatic heterocycles. The molecule has 0 aliphatic rings. The highest BCUT2D eigenvalue weighted by Gasteiger charge is 2.16. The molecule has 2 aromatic rings. The van der Waals surface area contributed by atoms with Gasteiger partial charge in [0.1, 0.15) is 11.5 Å². The van der Waals surface area contributed by atoms with Crippen LogP contribution in [0.4, 0.5) is 4.39 Å². The SMILES string of the molecule is Cc1c(C(=O)NCCCN)cnn1-c1ccccc1F. The molecule has 0 spiro atoms. The molecule has 1 heterocycles. The number of carbonyl (C=O) groups is 1. The highest BCUT2D eigenvalue weighted by atomic mass is 19.1. The third-order valence-electron chi connectivity index (χ3n) is 3.00. The summed E-state index contributed by atoms with van der Waals surface area (Å²) in [5.41, 5.74) is 6.73. The van der Waals surface area contributed by atoms with E-state index in [-0.39, 0.29) is 11.7 Å². The minimum Gasteiger partial charge on any atom is -0.352 e. The van der Waals surface area contributed by atoms with Crippen molar-refractivity contribution < 1.29 is 9.18 Å². The van der Waals surface area contributed by atoms with Crippen LogP contribution in [-0.4, -0.2) is 28.8 Å². The molecular weight excluding hydrogens is 259 g/mol. The lowest BCUT2D eigenvalue weighted by atomic mass is 10.2. The van der Waals surface area contributed by atoms with Gasteiger partial charge in [-0.1, -0.05) is 12.1 Å². The first-order valence-electron chi connectivity index (χ1n) is 6.43. The minimum absolute atomic E-state index is 0.224. The topological polar surface area (TPSA) is 72.9 Å². The van der Waals surface area contributed by atoms with E-state index >= 15 is 0 Å². The molecule has 0 unspecified atom stereocenters. The van der Waals surface area contributed by atoms with Crippen LogP contribution in [0.15, 0.2) is 30.5 Å². The Morgan fingerprint density at radius 3 is 2.90 bits per heavy atom. The molecule has 0 saturated carbocycles. The van der Waals surface area contributed by atoms with Crippen LogP contribution in [0.1, 0.15) is 22.5 Å². The number of hydrogen-bond acceptors (Lipinski definition) is 3. The molecule has 106 valence electrons. The van der Waals surface area contributed by atoms with Crippen LogP contribution in [0.3, 0.4) is 0 Å². The van der Waals surface area contributed by atoms with Crippen molar-refractivity contribution in [2.45, 2.75) is 13.3 Å². The number of amides is 1. The van der Waals surface area contributed by atoms with E-state index in [1.807, 2.05) is 0 Å². The number of nitrogens with one attached hydrogen (secondary N) is 1. The Morgan fingerprint density at radius 2 is 2.20 bits per heavy atom. The van der Waals surface area contributed by atoms with Crippen LogP contribution in [-0.2, 0) is 0 Å². The van der Waals surface area contributed by atoms with Gasteiger partial charge in [-0.2, -0.15) is 5.10 Å². The van der Waals surface area contributed by atoms with Crippen molar-refractivity contribution in [3.05, 3.63) is 47.5 Å². The largest absolute Gasteiger partial charge is 0.352 e. The zero-order valence-electron chi connectivity index (χ0n) is 11.3. The van der Waals surface area contributed by atoms with Crippen LogP contribution >= 0.6 is 0 Å². The first-order valence-corrected chi connectivity index (χ1v) is 6.43. The van der Waals surface area contributed by atoms with Gasteiger partial charge in [0, 0.05) is 6.54 Å². The smallest absolute Gasteiger partial charge is 0.254 e. The average molecular weight is 276 g/mol. The Balaban J connectivity index is 2.23. The van der Waals surface area contributed by atoms with Gasteiger partial charge >= 0.3 is 0 Å². The molecule has 0 saturated heterocycles. The molecule has 6 heteroatoms. The van der Waals surface area contributed by atoms with Crippen LogP contribution in [0.25, 0.3) is 5.69 Å². The first kappa shape index (κ1) is 14.2. The van der Waals surface area contributed by atoms with Crippen molar-refractivity contribution >= 4 is 5.91 Å². The Labute approximate surface area is 116 Å². The zero-order valence-corrected chi connectivity index (χ0v) is 11.3. The highest BCUT2D eigenvalue weighted by Crippen LogP contribution is 2.16. The Morgan fingerprint density at radius 1 is 1.45 bits per heavy atom. The van der Waals surface area contributed by atoms with Crippen LogP contribution < -0.4 is 11.1 Å². The number of aromatic nitrogens is 2. The van der Waals surface area contributed by atoms with E-state index in [0.717, 1.165) is 0 Å². The summed E-state index contributed by atoms with van der Waals surface area (Å²) >= 11 is 0. The summed E-state index contributed by atoms with van der Waals surface area (Å²) in [6, 6.07) is 6.31. The maximum Gasteiger partial charge on any atom is 0.254 e. The van der Waals surface area contributed by atoms with Gasteiger partial charge in [-0.3, -0.25) is 4.79 Å². The van der Waals surface area contributed by atoms with Gasteiger partial charge in [-0.05, 0) is 32.0 Å². The van der Waals surface area contributed by atoms with Gasteiger partial charge in [-0.15, -0.1) is 0 Å². The third-order valence-corrected chi connectivity index (χ3v) is 3.00. The molecular formula is C14H17FN4O. The van der Waals surface area contributed by atoms with Gasteiger partial charge in [0.25, 0.3) is 5.91 Å². The standard InChI is InChI=1S/C14H17FN4O/c1-10-11(14(20)17-8-4-7-16)9-18-19(10)13-6-3-2-5-12(13)15/h2-3,5-6,9H,4,7-8,16H2,1H3,(H,17,20). The fraction of sp³-hybridized carbons (Fsp3) is 0.286. The lowest BCUT2D eigenvalue weighted by Gasteiger charge is -2.07. The minimum atomic E-state index is -0.381. The molecule has 0 radical (unpaired) electrons. The lowest BCUT2D eigenvalue weighted by molar-refractivity contribution is 0.0953. The van der Waals surface area contributed by atoms with Crippen molar-refractivity contribution in [2.24, 2.45) is 5.73 Å². The molecule has 3 N–H and O–H groups in total. The summed E-state index contributed by atoms with van der Waals surface area (Å²) in [6.45, 7) is 2.77. The molecule has 1 amide bonds. The maximum absolute atomic E-state index is 13.7. The summed E-state index contributed by atoms with van der Waals surface area (Å²) in [7, 11) is 0. The third kappa shape index (κ3) is 2.85. The molecule has 20 heavy (non-hydrogen) atoms. The van der Waals surface area contributed by atoms with Crippen molar-refractivity contribution in [1.82, 2.24) is 15.1 Å². The highest BCUT2D eigenvalue weighted by molar-refractivity contribution is 5.95. The second-order valence-corrected chi connectivity index (χ2v) is 4.40. The van der Waals surface area contributed by atoms with E-state index in [0.29, 0.717) is 36.5 Å². The summed E-state index contributed by atoms with van der Waals surface area (Å²) in [6.07, 6.45) is 2.16. The predicted molar refractivity (Wildman–Crippen MR) is 74.3 cm³/mol. The van der Waals surface area contributed by atoms with Crippen molar-refractivity contribution in [2.75, 3.05) is 13.1 Å². The van der Waals surface area contributed by atoms with Gasteiger partial charge in [0.15, 0.2) is 0 Å². The summed E-state index contributed by atoms with van der Waals surface area (Å²) in [5, 5.41) is 6.84. The maximum atomic E-state index is 13.7. The van der Waals surface area contributed by atoms with Crippen LogP contribution in [0.5, 0.6) is 0 Å². The molecule has 1 aromatic heterocycles. The Hall–Kier alpha value is -2.21. The van der Waals surface area contributed by atoms with Crippen molar-refractivity contribution in [1.29, 1.82) is 0 Å². The number of halogens is 1. The van der Waals surface area contributed by atoms with Gasteiger partial charge < -0.3 is 11.1 Å². The summed E-state index contributed by atoms with van der Waals surface area (Å²) in [4.78, 5) is 12.0. The number of para-hydroxylation sites is 1. The Bertz CT molecular complexity index is 609. The van der Waals surface area contributed by atoms with E-state index in [1.165, 1.54) is 16.9 Å². The number of hydrogen-bond donors (Lipinski definition) is 2. The molecule has 5 nitrogen and oxygen atoms in total. The summed E-state index contributed by atoms with van der Waals surface area (Å²) in [5.74, 6) is -0.604. The zero-order chi connectivity index (χ0) is 14.5. The van der Waals surface area contributed by atoms with E-state index in [1.54, 1.807) is 25.1 Å². The second-order valence-electron chi connectivity index (χ2n) is 4.40. The van der Waals surface area contributed by atoms with Crippen LogP contribution in [0.2, 0.25) is 0 Å². The quantitative estimate of drug-likeness (QED) is 0.811. The molecule has 1 aromatic carbocycles. The average Bonchev–Trinajstić information content (AvgIpc) is 2.81. The lowest BCUT2D eigenvalue weighted by Crippen LogP contribution is -2.26. The first-order chi connectivity index (χ1) is 9.65. The van der Waals surface area contributed by atoms with Crippen LogP contribution in [0, 0.1) is 12.7 Å². The number of carbonyl (C=O) groups excluding carboxylic acids is 1. The molecule has 0 bridgehead atoms. The second kappa shape index (κ2) is 6.29. The van der Waals surface area contributed by atoms with Crippen molar-refractivity contribution in [3.63, 3.8) is 0 Å². The fourth-order valence-electron chi connectivity index (χ4n) is 1.90. The van der Waals surface area contributed by atoms with Crippen molar-refractivity contribution in [3.8, 4) is 5.69 Å². The van der Waals surface area contributed by atoms with Gasteiger partial charge in [0.05, 0.1) is 17.5 Å². The number of benzene rings is 1. The molecule has 0 aliphatic carbocycles. The van der Waals surface area contributed by atoms with Gasteiger partial charge in [0.2, 0.25) is 0 Å². The molecule has 2 rings (SSSR count). The van der Waals surface area contributed by atoms with E-state index in [4.69, 9.17) is 5.73 Å². The normalized spacial score (nSPS) is 10.6.